The predicted molar refractivity (Wildman–Crippen MR) is 130 cm³/mol. The molecule has 2 unspecified atom stereocenters. The summed E-state index contributed by atoms with van der Waals surface area (Å²) in [6, 6.07) is 10.5. The van der Waals surface area contributed by atoms with Crippen molar-refractivity contribution in [1.82, 2.24) is 15.5 Å². The lowest BCUT2D eigenvalue weighted by Crippen LogP contribution is -2.45. The molecule has 0 aromatic heterocycles. The van der Waals surface area contributed by atoms with Crippen molar-refractivity contribution >= 4 is 40.7 Å². The molecule has 28 heavy (non-hydrogen) atoms. The van der Waals surface area contributed by atoms with Crippen LogP contribution in [0, 0.1) is 5.92 Å². The molecular weight excluding hydrogens is 483 g/mol. The summed E-state index contributed by atoms with van der Waals surface area (Å²) in [4.78, 5) is 6.94. The number of nitrogens with zero attached hydrogens (tertiary/aromatic N) is 2. The number of aliphatic imine (C=N–C) groups is 1. The summed E-state index contributed by atoms with van der Waals surface area (Å²) < 4.78 is 12.2. The van der Waals surface area contributed by atoms with E-state index < -0.39 is 10.8 Å². The average molecular weight is 519 g/mol. The van der Waals surface area contributed by atoms with Crippen LogP contribution in [0.25, 0.3) is 0 Å². The number of guanidine groups is 1. The summed E-state index contributed by atoms with van der Waals surface area (Å²) >= 11 is 0. The van der Waals surface area contributed by atoms with E-state index in [0.29, 0.717) is 24.1 Å². The molecule has 1 aromatic carbocycles. The first-order valence-electron chi connectivity index (χ1n) is 10.3. The van der Waals surface area contributed by atoms with Gasteiger partial charge in [0.25, 0.3) is 0 Å². The molecule has 1 aliphatic carbocycles. The molecule has 2 aliphatic rings. The number of likely N-dealkylation sites (tertiary alicyclic amines) is 1. The van der Waals surface area contributed by atoms with Gasteiger partial charge in [-0.05, 0) is 30.7 Å². The zero-order valence-electron chi connectivity index (χ0n) is 16.9. The molecule has 7 heteroatoms. The van der Waals surface area contributed by atoms with Gasteiger partial charge < -0.3 is 15.5 Å². The van der Waals surface area contributed by atoms with Gasteiger partial charge in [-0.25, -0.2) is 0 Å². The number of halogens is 1. The van der Waals surface area contributed by atoms with Crippen LogP contribution >= 0.6 is 24.0 Å². The van der Waals surface area contributed by atoms with Gasteiger partial charge in [-0.3, -0.25) is 9.20 Å². The zero-order valence-corrected chi connectivity index (χ0v) is 20.1. The lowest BCUT2D eigenvalue weighted by Gasteiger charge is -2.21. The monoisotopic (exact) mass is 518 g/mol. The van der Waals surface area contributed by atoms with Crippen LogP contribution in [0.4, 0.5) is 0 Å². The van der Waals surface area contributed by atoms with Gasteiger partial charge in [0.1, 0.15) is 0 Å². The highest BCUT2D eigenvalue weighted by Gasteiger charge is 2.26. The van der Waals surface area contributed by atoms with Gasteiger partial charge in [0, 0.05) is 61.6 Å². The molecular formula is C21H35IN4OS. The maximum atomic E-state index is 12.2. The van der Waals surface area contributed by atoms with Crippen molar-refractivity contribution < 1.29 is 4.21 Å². The SMILES string of the molecule is CN=C(NCCS(=O)Cc1ccccc1)NC1CCN(CC2CCCC2)C1.I. The van der Waals surface area contributed by atoms with Gasteiger partial charge in [0.2, 0.25) is 0 Å². The summed E-state index contributed by atoms with van der Waals surface area (Å²) in [6.07, 6.45) is 6.84. The molecule has 2 N–H and O–H groups in total. The van der Waals surface area contributed by atoms with Crippen LogP contribution < -0.4 is 10.6 Å². The standard InChI is InChI=1S/C21H34N4OS.HI/c1-22-21(23-12-14-27(26)17-19-9-3-2-4-10-19)24-20-11-13-25(16-20)15-18-7-5-6-8-18;/h2-4,9-10,18,20H,5-8,11-17H2,1H3,(H2,22,23,24);1H. The zero-order chi connectivity index (χ0) is 18.9. The smallest absolute Gasteiger partial charge is 0.191 e. The Hall–Kier alpha value is -0.670. The molecule has 1 saturated carbocycles. The molecule has 2 fully saturated rings. The van der Waals surface area contributed by atoms with Crippen molar-refractivity contribution in [2.75, 3.05) is 39.0 Å². The first-order valence-corrected chi connectivity index (χ1v) is 11.8. The molecule has 1 aliphatic heterocycles. The fourth-order valence-corrected chi connectivity index (χ4v) is 5.22. The van der Waals surface area contributed by atoms with Crippen LogP contribution in [0.15, 0.2) is 35.3 Å². The highest BCUT2D eigenvalue weighted by atomic mass is 127. The Balaban J connectivity index is 0.00000280. The Labute approximate surface area is 189 Å². The van der Waals surface area contributed by atoms with Gasteiger partial charge in [-0.15, -0.1) is 24.0 Å². The summed E-state index contributed by atoms with van der Waals surface area (Å²) in [5.74, 6) is 3.00. The fourth-order valence-electron chi connectivity index (χ4n) is 4.18. The first kappa shape index (κ1) is 23.6. The molecule has 0 radical (unpaired) electrons. The van der Waals surface area contributed by atoms with Gasteiger partial charge in [-0.2, -0.15) is 0 Å². The Morgan fingerprint density at radius 2 is 1.96 bits per heavy atom. The average Bonchev–Trinajstić information content (AvgIpc) is 3.34. The number of nitrogens with one attached hydrogen (secondary N) is 2. The quantitative estimate of drug-likeness (QED) is 0.316. The van der Waals surface area contributed by atoms with Crippen molar-refractivity contribution in [3.63, 3.8) is 0 Å². The fraction of sp³-hybridized carbons (Fsp3) is 0.667. The van der Waals surface area contributed by atoms with Crippen molar-refractivity contribution in [1.29, 1.82) is 0 Å². The minimum atomic E-state index is -0.856. The van der Waals surface area contributed by atoms with Crippen LogP contribution in [-0.4, -0.2) is 60.1 Å². The maximum Gasteiger partial charge on any atom is 0.191 e. The van der Waals surface area contributed by atoms with E-state index in [0.717, 1.165) is 24.0 Å². The third kappa shape index (κ3) is 7.99. The molecule has 1 saturated heterocycles. The lowest BCUT2D eigenvalue weighted by molar-refractivity contribution is 0.275. The van der Waals surface area contributed by atoms with Crippen LogP contribution in [0.2, 0.25) is 0 Å². The largest absolute Gasteiger partial charge is 0.355 e. The summed E-state index contributed by atoms with van der Waals surface area (Å²) in [6.45, 7) is 4.24. The molecule has 0 bridgehead atoms. The van der Waals surface area contributed by atoms with Crippen LogP contribution in [-0.2, 0) is 16.6 Å². The first-order chi connectivity index (χ1) is 13.2. The van der Waals surface area contributed by atoms with Crippen molar-refractivity contribution in [3.05, 3.63) is 35.9 Å². The third-order valence-corrected chi connectivity index (χ3v) is 6.94. The van der Waals surface area contributed by atoms with Crippen LogP contribution in [0.5, 0.6) is 0 Å². The van der Waals surface area contributed by atoms with E-state index in [1.165, 1.54) is 45.2 Å². The Kier molecular flexibility index (Phi) is 10.8. The van der Waals surface area contributed by atoms with E-state index in [4.69, 9.17) is 0 Å². The van der Waals surface area contributed by atoms with Gasteiger partial charge >= 0.3 is 0 Å². The normalized spacial score (nSPS) is 22.0. The number of rotatable bonds is 8. The van der Waals surface area contributed by atoms with E-state index in [9.17, 15) is 4.21 Å². The molecule has 2 atom stereocenters. The van der Waals surface area contributed by atoms with Crippen LogP contribution in [0.3, 0.4) is 0 Å². The van der Waals surface area contributed by atoms with E-state index >= 15 is 0 Å². The topological polar surface area (TPSA) is 56.7 Å². The lowest BCUT2D eigenvalue weighted by atomic mass is 10.1. The summed E-state index contributed by atoms with van der Waals surface area (Å²) in [5.41, 5.74) is 1.13. The minimum absolute atomic E-state index is 0. The molecule has 1 heterocycles. The second kappa shape index (κ2) is 12.8. The second-order valence-electron chi connectivity index (χ2n) is 7.81. The molecule has 158 valence electrons. The second-order valence-corrected chi connectivity index (χ2v) is 9.39. The van der Waals surface area contributed by atoms with Crippen LogP contribution in [0.1, 0.15) is 37.7 Å². The number of hydrogen-bond acceptors (Lipinski definition) is 3. The third-order valence-electron chi connectivity index (χ3n) is 5.62. The highest BCUT2D eigenvalue weighted by molar-refractivity contribution is 14.0. The van der Waals surface area contributed by atoms with E-state index in [1.807, 2.05) is 37.4 Å². The van der Waals surface area contributed by atoms with Gasteiger partial charge in [0.15, 0.2) is 5.96 Å². The Morgan fingerprint density at radius 3 is 2.68 bits per heavy atom. The van der Waals surface area contributed by atoms with E-state index in [1.54, 1.807) is 0 Å². The molecule has 5 nitrogen and oxygen atoms in total. The van der Waals surface area contributed by atoms with Crippen molar-refractivity contribution in [2.45, 2.75) is 43.9 Å². The predicted octanol–water partition coefficient (Wildman–Crippen LogP) is 2.98. The van der Waals surface area contributed by atoms with E-state index in [2.05, 4.69) is 20.5 Å². The Bertz CT molecular complexity index is 622. The molecule has 0 spiro atoms. The Morgan fingerprint density at radius 1 is 1.21 bits per heavy atom. The summed E-state index contributed by atoms with van der Waals surface area (Å²) in [7, 11) is 0.951. The van der Waals surface area contributed by atoms with Gasteiger partial charge in [0.05, 0.1) is 0 Å². The van der Waals surface area contributed by atoms with Crippen molar-refractivity contribution in [3.8, 4) is 0 Å². The minimum Gasteiger partial charge on any atom is -0.355 e. The summed E-state index contributed by atoms with van der Waals surface area (Å²) in [5, 5.41) is 6.87. The van der Waals surface area contributed by atoms with E-state index in [-0.39, 0.29) is 24.0 Å². The molecule has 3 rings (SSSR count). The number of benzene rings is 1. The number of hydrogen-bond donors (Lipinski definition) is 2. The molecule has 1 aromatic rings. The molecule has 0 amide bonds. The van der Waals surface area contributed by atoms with Gasteiger partial charge in [-0.1, -0.05) is 43.2 Å². The van der Waals surface area contributed by atoms with Crippen molar-refractivity contribution in [2.24, 2.45) is 10.9 Å². The highest BCUT2D eigenvalue weighted by Crippen LogP contribution is 2.26. The maximum absolute atomic E-state index is 12.2.